The summed E-state index contributed by atoms with van der Waals surface area (Å²) in [5, 5.41) is 3.17. The molecule has 1 N–H and O–H groups in total. The highest BCUT2D eigenvalue weighted by molar-refractivity contribution is 6.02. The zero-order valence-electron chi connectivity index (χ0n) is 21.5. The fraction of sp³-hybridized carbons (Fsp3) is 0.333. The summed E-state index contributed by atoms with van der Waals surface area (Å²) < 4.78 is 11.0. The average Bonchev–Trinajstić information content (AvgIpc) is 3.53. The van der Waals surface area contributed by atoms with E-state index in [2.05, 4.69) is 32.2 Å². The maximum atomic E-state index is 13.5. The second-order valence-corrected chi connectivity index (χ2v) is 10.9. The maximum Gasteiger partial charge on any atom is 0.253 e. The second-order valence-electron chi connectivity index (χ2n) is 10.9. The SMILES string of the molecule is CN(C)C(=O)c1cccc(-c2cc(NC(=O)C3(c4ccc5c(c4)OCO5)CC3)ccc2C(C)(C)C)c1. The molecule has 3 aromatic rings. The van der Waals surface area contributed by atoms with Crippen molar-refractivity contribution in [1.29, 1.82) is 0 Å². The first-order valence-electron chi connectivity index (χ1n) is 12.3. The molecule has 0 bridgehead atoms. The summed E-state index contributed by atoms with van der Waals surface area (Å²) in [4.78, 5) is 27.7. The highest BCUT2D eigenvalue weighted by Crippen LogP contribution is 2.51. The van der Waals surface area contributed by atoms with Gasteiger partial charge in [0.15, 0.2) is 11.5 Å². The topological polar surface area (TPSA) is 67.9 Å². The summed E-state index contributed by atoms with van der Waals surface area (Å²) in [6.07, 6.45) is 1.58. The van der Waals surface area contributed by atoms with Crippen LogP contribution < -0.4 is 14.8 Å². The minimum Gasteiger partial charge on any atom is -0.454 e. The Bertz CT molecular complexity index is 1350. The summed E-state index contributed by atoms with van der Waals surface area (Å²) in [7, 11) is 3.50. The van der Waals surface area contributed by atoms with E-state index in [-0.39, 0.29) is 24.0 Å². The predicted molar refractivity (Wildman–Crippen MR) is 141 cm³/mol. The third-order valence-corrected chi connectivity index (χ3v) is 7.02. The Balaban J connectivity index is 1.47. The summed E-state index contributed by atoms with van der Waals surface area (Å²) in [6.45, 7) is 6.70. The Morgan fingerprint density at radius 1 is 0.917 bits per heavy atom. The Hall–Kier alpha value is -3.80. The standard InChI is InChI=1S/C30H32N2O4/c1-29(2,3)24-11-10-22(17-23(24)19-7-6-8-20(15-19)27(33)32(4)5)31-28(34)30(13-14-30)21-9-12-25-26(16-21)36-18-35-25/h6-12,15-17H,13-14,18H2,1-5H3,(H,31,34). The molecule has 0 unspecified atom stereocenters. The lowest BCUT2D eigenvalue weighted by Crippen LogP contribution is -2.28. The number of amides is 2. The number of carbonyl (C=O) groups excluding carboxylic acids is 2. The van der Waals surface area contributed by atoms with Crippen LogP contribution in [-0.2, 0) is 15.6 Å². The van der Waals surface area contributed by atoms with Gasteiger partial charge in [-0.15, -0.1) is 0 Å². The van der Waals surface area contributed by atoms with E-state index in [0.717, 1.165) is 40.8 Å². The molecule has 1 aliphatic carbocycles. The lowest BCUT2D eigenvalue weighted by molar-refractivity contribution is -0.118. The van der Waals surface area contributed by atoms with Crippen molar-refractivity contribution >= 4 is 17.5 Å². The fourth-order valence-corrected chi connectivity index (χ4v) is 4.81. The molecule has 1 heterocycles. The quantitative estimate of drug-likeness (QED) is 0.501. The van der Waals surface area contributed by atoms with E-state index in [1.165, 1.54) is 0 Å². The molecular formula is C30H32N2O4. The smallest absolute Gasteiger partial charge is 0.253 e. The number of carbonyl (C=O) groups is 2. The van der Waals surface area contributed by atoms with Crippen molar-refractivity contribution in [2.75, 3.05) is 26.2 Å². The number of nitrogens with zero attached hydrogens (tertiary/aromatic N) is 1. The van der Waals surface area contributed by atoms with Gasteiger partial charge in [0.1, 0.15) is 0 Å². The second kappa shape index (κ2) is 8.70. The van der Waals surface area contributed by atoms with Crippen molar-refractivity contribution in [2.45, 2.75) is 44.4 Å². The van der Waals surface area contributed by atoms with E-state index in [1.54, 1.807) is 19.0 Å². The number of fused-ring (bicyclic) bond motifs is 1. The summed E-state index contributed by atoms with van der Waals surface area (Å²) in [5.41, 5.74) is 4.73. The van der Waals surface area contributed by atoms with Crippen molar-refractivity contribution in [3.05, 3.63) is 77.4 Å². The molecule has 1 fully saturated rings. The van der Waals surface area contributed by atoms with Gasteiger partial charge < -0.3 is 19.7 Å². The number of hydrogen-bond acceptors (Lipinski definition) is 4. The highest BCUT2D eigenvalue weighted by atomic mass is 16.7. The average molecular weight is 485 g/mol. The highest BCUT2D eigenvalue weighted by Gasteiger charge is 2.51. The zero-order valence-corrected chi connectivity index (χ0v) is 21.5. The van der Waals surface area contributed by atoms with Crippen LogP contribution in [0.25, 0.3) is 11.1 Å². The van der Waals surface area contributed by atoms with E-state index in [4.69, 9.17) is 9.47 Å². The van der Waals surface area contributed by atoms with Crippen LogP contribution in [0.4, 0.5) is 5.69 Å². The van der Waals surface area contributed by atoms with Gasteiger partial charge >= 0.3 is 0 Å². The van der Waals surface area contributed by atoms with E-state index >= 15 is 0 Å². The largest absolute Gasteiger partial charge is 0.454 e. The van der Waals surface area contributed by atoms with Crippen LogP contribution in [0.3, 0.4) is 0 Å². The Morgan fingerprint density at radius 3 is 2.36 bits per heavy atom. The molecule has 0 saturated heterocycles. The van der Waals surface area contributed by atoms with Gasteiger partial charge in [-0.1, -0.05) is 45.0 Å². The van der Waals surface area contributed by atoms with Crippen LogP contribution in [-0.4, -0.2) is 37.6 Å². The summed E-state index contributed by atoms with van der Waals surface area (Å²) in [6, 6.07) is 19.5. The fourth-order valence-electron chi connectivity index (χ4n) is 4.81. The first-order valence-corrected chi connectivity index (χ1v) is 12.3. The molecule has 1 saturated carbocycles. The van der Waals surface area contributed by atoms with Crippen LogP contribution in [0.2, 0.25) is 0 Å². The molecule has 3 aromatic carbocycles. The van der Waals surface area contributed by atoms with Crippen molar-refractivity contribution in [1.82, 2.24) is 4.90 Å². The number of hydrogen-bond donors (Lipinski definition) is 1. The van der Waals surface area contributed by atoms with Crippen molar-refractivity contribution < 1.29 is 19.1 Å². The molecule has 2 amide bonds. The Morgan fingerprint density at radius 2 is 1.67 bits per heavy atom. The van der Waals surface area contributed by atoms with E-state index in [0.29, 0.717) is 17.1 Å². The first kappa shape index (κ1) is 23.9. The number of anilines is 1. The zero-order chi connectivity index (χ0) is 25.7. The Kier molecular flexibility index (Phi) is 5.78. The van der Waals surface area contributed by atoms with E-state index in [1.807, 2.05) is 54.6 Å². The van der Waals surface area contributed by atoms with Crippen LogP contribution in [0.1, 0.15) is 55.1 Å². The van der Waals surface area contributed by atoms with Gasteiger partial charge in [-0.05, 0) is 76.9 Å². The van der Waals surface area contributed by atoms with Gasteiger partial charge in [0.05, 0.1) is 5.41 Å². The van der Waals surface area contributed by atoms with Crippen LogP contribution in [0.15, 0.2) is 60.7 Å². The van der Waals surface area contributed by atoms with Gasteiger partial charge in [0.25, 0.3) is 5.91 Å². The Labute approximate surface area is 212 Å². The molecular weight excluding hydrogens is 452 g/mol. The first-order chi connectivity index (χ1) is 17.1. The summed E-state index contributed by atoms with van der Waals surface area (Å²) >= 11 is 0. The minimum absolute atomic E-state index is 0.0210. The van der Waals surface area contributed by atoms with Crippen LogP contribution in [0.5, 0.6) is 11.5 Å². The van der Waals surface area contributed by atoms with Crippen molar-refractivity contribution in [3.63, 3.8) is 0 Å². The molecule has 5 rings (SSSR count). The molecule has 36 heavy (non-hydrogen) atoms. The molecule has 6 heteroatoms. The van der Waals surface area contributed by atoms with Gasteiger partial charge in [-0.25, -0.2) is 0 Å². The number of nitrogens with one attached hydrogen (secondary N) is 1. The van der Waals surface area contributed by atoms with Gasteiger partial charge in [-0.3, -0.25) is 9.59 Å². The molecule has 0 aromatic heterocycles. The van der Waals surface area contributed by atoms with Gasteiger partial charge in [-0.2, -0.15) is 0 Å². The molecule has 6 nitrogen and oxygen atoms in total. The molecule has 0 atom stereocenters. The van der Waals surface area contributed by atoms with Gasteiger partial charge in [0, 0.05) is 25.3 Å². The monoisotopic (exact) mass is 484 g/mol. The lowest BCUT2D eigenvalue weighted by atomic mass is 9.81. The minimum atomic E-state index is -0.554. The molecule has 1 aliphatic heterocycles. The number of ether oxygens (including phenoxy) is 2. The third-order valence-electron chi connectivity index (χ3n) is 7.02. The lowest BCUT2D eigenvalue weighted by Gasteiger charge is -2.25. The van der Waals surface area contributed by atoms with Crippen LogP contribution >= 0.6 is 0 Å². The van der Waals surface area contributed by atoms with Crippen molar-refractivity contribution in [2.24, 2.45) is 0 Å². The third kappa shape index (κ3) is 4.32. The molecule has 0 spiro atoms. The summed E-state index contributed by atoms with van der Waals surface area (Å²) in [5.74, 6) is 1.34. The molecule has 186 valence electrons. The number of benzene rings is 3. The van der Waals surface area contributed by atoms with E-state index in [9.17, 15) is 9.59 Å². The van der Waals surface area contributed by atoms with Gasteiger partial charge in [0.2, 0.25) is 12.7 Å². The normalized spacial score (nSPS) is 15.4. The van der Waals surface area contributed by atoms with Crippen LogP contribution in [0, 0.1) is 0 Å². The maximum absolute atomic E-state index is 13.5. The van der Waals surface area contributed by atoms with E-state index < -0.39 is 5.41 Å². The number of rotatable bonds is 5. The predicted octanol–water partition coefficient (Wildman–Crippen LogP) is 5.75. The molecule has 2 aliphatic rings. The molecule has 0 radical (unpaired) electrons. The van der Waals surface area contributed by atoms with Crippen molar-refractivity contribution in [3.8, 4) is 22.6 Å².